The third-order valence-electron chi connectivity index (χ3n) is 7.80. The van der Waals surface area contributed by atoms with E-state index >= 15 is 0 Å². The molecule has 1 saturated heterocycles. The number of piperidine rings is 1. The van der Waals surface area contributed by atoms with Crippen LogP contribution in [-0.4, -0.2) is 46.5 Å². The SMILES string of the molecule is C[C@H]1C[C@@H](Oc2cc(Cl)cc(NC(=O)CC(CCC(=O)O)c3ccccc3)c2Cl)CCN1C(=O)C1CCCC1. The number of benzene rings is 2. The maximum atomic E-state index is 13.0. The summed E-state index contributed by atoms with van der Waals surface area (Å²) in [5, 5.41) is 12.6. The zero-order chi connectivity index (χ0) is 27.9. The second kappa shape index (κ2) is 13.5. The normalized spacial score (nSPS) is 20.4. The average molecular weight is 576 g/mol. The molecule has 1 aliphatic heterocycles. The Labute approximate surface area is 239 Å². The average Bonchev–Trinajstić information content (AvgIpc) is 3.44. The largest absolute Gasteiger partial charge is 0.489 e. The van der Waals surface area contributed by atoms with Crippen LogP contribution in [0, 0.1) is 5.92 Å². The number of nitrogens with zero attached hydrogens (tertiary/aromatic N) is 1. The predicted octanol–water partition coefficient (Wildman–Crippen LogP) is 6.92. The Morgan fingerprint density at radius 1 is 1.10 bits per heavy atom. The smallest absolute Gasteiger partial charge is 0.303 e. The number of likely N-dealkylation sites (tertiary alicyclic amines) is 1. The number of amides is 2. The van der Waals surface area contributed by atoms with Crippen LogP contribution in [0.4, 0.5) is 5.69 Å². The topological polar surface area (TPSA) is 95.9 Å². The molecule has 2 fully saturated rings. The van der Waals surface area contributed by atoms with E-state index in [0.717, 1.165) is 31.2 Å². The van der Waals surface area contributed by atoms with Crippen molar-refractivity contribution in [1.29, 1.82) is 0 Å². The molecule has 0 bridgehead atoms. The Morgan fingerprint density at radius 2 is 1.82 bits per heavy atom. The van der Waals surface area contributed by atoms with Crippen molar-refractivity contribution in [2.75, 3.05) is 11.9 Å². The van der Waals surface area contributed by atoms with Crippen LogP contribution in [-0.2, 0) is 14.4 Å². The van der Waals surface area contributed by atoms with Crippen LogP contribution in [0.2, 0.25) is 10.0 Å². The number of carboxylic acids is 1. The molecule has 2 aromatic carbocycles. The van der Waals surface area contributed by atoms with Gasteiger partial charge in [0, 0.05) is 55.3 Å². The van der Waals surface area contributed by atoms with E-state index in [9.17, 15) is 14.4 Å². The number of carbonyl (C=O) groups is 3. The molecule has 1 saturated carbocycles. The lowest BCUT2D eigenvalue weighted by Crippen LogP contribution is -2.49. The zero-order valence-corrected chi connectivity index (χ0v) is 23.7. The Kier molecular flexibility index (Phi) is 10.1. The van der Waals surface area contributed by atoms with Crippen molar-refractivity contribution in [2.45, 2.75) is 82.8 Å². The van der Waals surface area contributed by atoms with E-state index in [2.05, 4.69) is 12.2 Å². The highest BCUT2D eigenvalue weighted by Gasteiger charge is 2.34. The molecule has 2 N–H and O–H groups in total. The molecule has 1 aliphatic carbocycles. The lowest BCUT2D eigenvalue weighted by molar-refractivity contribution is -0.140. The molecule has 210 valence electrons. The fourth-order valence-electron chi connectivity index (χ4n) is 5.73. The van der Waals surface area contributed by atoms with Crippen molar-refractivity contribution in [1.82, 2.24) is 4.90 Å². The van der Waals surface area contributed by atoms with Gasteiger partial charge in [0.05, 0.1) is 5.69 Å². The summed E-state index contributed by atoms with van der Waals surface area (Å²) < 4.78 is 6.26. The molecule has 9 heteroatoms. The van der Waals surface area contributed by atoms with Gasteiger partial charge in [-0.1, -0.05) is 66.4 Å². The first-order valence-corrected chi connectivity index (χ1v) is 14.5. The van der Waals surface area contributed by atoms with Gasteiger partial charge in [-0.3, -0.25) is 14.4 Å². The van der Waals surface area contributed by atoms with Crippen molar-refractivity contribution in [3.63, 3.8) is 0 Å². The van der Waals surface area contributed by atoms with E-state index < -0.39 is 5.97 Å². The molecular weight excluding hydrogens is 539 g/mol. The summed E-state index contributed by atoms with van der Waals surface area (Å²) >= 11 is 13.0. The molecule has 0 spiro atoms. The fourth-order valence-corrected chi connectivity index (χ4v) is 6.13. The van der Waals surface area contributed by atoms with Gasteiger partial charge in [-0.05, 0) is 43.7 Å². The number of hydrogen-bond acceptors (Lipinski definition) is 4. The van der Waals surface area contributed by atoms with E-state index in [1.807, 2.05) is 35.2 Å². The van der Waals surface area contributed by atoms with Crippen molar-refractivity contribution in [3.05, 3.63) is 58.1 Å². The Bertz CT molecular complexity index is 1170. The number of rotatable bonds is 10. The number of anilines is 1. The minimum absolute atomic E-state index is 0.0355. The molecular formula is C30H36Cl2N2O5. The highest BCUT2D eigenvalue weighted by atomic mass is 35.5. The molecule has 0 aromatic heterocycles. The van der Waals surface area contributed by atoms with Crippen molar-refractivity contribution < 1.29 is 24.2 Å². The molecule has 1 unspecified atom stereocenters. The quantitative estimate of drug-likeness (QED) is 0.321. The van der Waals surface area contributed by atoms with Crippen LogP contribution in [0.1, 0.15) is 76.2 Å². The van der Waals surface area contributed by atoms with Gasteiger partial charge in [0.2, 0.25) is 11.8 Å². The van der Waals surface area contributed by atoms with Crippen molar-refractivity contribution >= 4 is 46.7 Å². The Morgan fingerprint density at radius 3 is 2.49 bits per heavy atom. The van der Waals surface area contributed by atoms with Gasteiger partial charge in [-0.25, -0.2) is 0 Å². The van der Waals surface area contributed by atoms with Gasteiger partial charge < -0.3 is 20.1 Å². The van der Waals surface area contributed by atoms with Gasteiger partial charge in [-0.2, -0.15) is 0 Å². The van der Waals surface area contributed by atoms with E-state index in [0.29, 0.717) is 42.3 Å². The predicted molar refractivity (Wildman–Crippen MR) is 153 cm³/mol. The summed E-state index contributed by atoms with van der Waals surface area (Å²) in [6, 6.07) is 12.7. The lowest BCUT2D eigenvalue weighted by atomic mass is 9.91. The van der Waals surface area contributed by atoms with Gasteiger partial charge in [0.1, 0.15) is 16.9 Å². The number of ether oxygens (including phenoxy) is 1. The molecule has 2 aromatic rings. The third kappa shape index (κ3) is 7.89. The van der Waals surface area contributed by atoms with Gasteiger partial charge in [-0.15, -0.1) is 0 Å². The van der Waals surface area contributed by atoms with Crippen LogP contribution < -0.4 is 10.1 Å². The lowest BCUT2D eigenvalue weighted by Gasteiger charge is -2.39. The molecule has 1 heterocycles. The van der Waals surface area contributed by atoms with Crippen LogP contribution in [0.3, 0.4) is 0 Å². The molecule has 3 atom stereocenters. The minimum Gasteiger partial charge on any atom is -0.489 e. The molecule has 39 heavy (non-hydrogen) atoms. The number of aliphatic carboxylic acids is 1. The van der Waals surface area contributed by atoms with Crippen LogP contribution in [0.5, 0.6) is 5.75 Å². The highest BCUT2D eigenvalue weighted by Crippen LogP contribution is 2.38. The minimum atomic E-state index is -0.904. The van der Waals surface area contributed by atoms with E-state index in [1.54, 1.807) is 12.1 Å². The number of nitrogens with one attached hydrogen (secondary N) is 1. The molecule has 2 aliphatic rings. The second-order valence-corrected chi connectivity index (χ2v) is 11.5. The third-order valence-corrected chi connectivity index (χ3v) is 8.40. The monoisotopic (exact) mass is 574 g/mol. The Hall–Kier alpha value is -2.77. The maximum absolute atomic E-state index is 13.0. The zero-order valence-electron chi connectivity index (χ0n) is 22.2. The maximum Gasteiger partial charge on any atom is 0.303 e. The second-order valence-electron chi connectivity index (χ2n) is 10.7. The first kappa shape index (κ1) is 29.2. The van der Waals surface area contributed by atoms with Crippen LogP contribution in [0.15, 0.2) is 42.5 Å². The van der Waals surface area contributed by atoms with E-state index in [4.69, 9.17) is 33.0 Å². The number of carboxylic acid groups (broad SMARTS) is 1. The summed E-state index contributed by atoms with van der Waals surface area (Å²) in [5.41, 5.74) is 1.25. The summed E-state index contributed by atoms with van der Waals surface area (Å²) in [5.74, 6) is -0.645. The van der Waals surface area contributed by atoms with Crippen molar-refractivity contribution in [2.24, 2.45) is 5.92 Å². The fraction of sp³-hybridized carbons (Fsp3) is 0.500. The molecule has 0 radical (unpaired) electrons. The number of carbonyl (C=O) groups excluding carboxylic acids is 2. The standard InChI is InChI=1S/C30H36Cl2N2O5/c1-19-15-24(13-14-34(19)30(38)21-9-5-6-10-21)39-26-18-23(31)17-25(29(26)32)33-27(35)16-22(11-12-28(36)37)20-7-3-2-4-8-20/h2-4,7-8,17-19,21-22,24H,5-6,9-16H2,1H3,(H,33,35)(H,36,37)/t19-,22?,24-/m0/s1. The van der Waals surface area contributed by atoms with Gasteiger partial charge in [0.15, 0.2) is 0 Å². The summed E-state index contributed by atoms with van der Waals surface area (Å²) in [6.45, 7) is 2.70. The first-order valence-electron chi connectivity index (χ1n) is 13.7. The summed E-state index contributed by atoms with van der Waals surface area (Å²) in [4.78, 5) is 39.1. The molecule has 7 nitrogen and oxygen atoms in total. The van der Waals surface area contributed by atoms with Gasteiger partial charge in [0.25, 0.3) is 0 Å². The number of halogens is 2. The van der Waals surface area contributed by atoms with Crippen LogP contribution in [0.25, 0.3) is 0 Å². The summed E-state index contributed by atoms with van der Waals surface area (Å²) in [7, 11) is 0. The Balaban J connectivity index is 1.39. The summed E-state index contributed by atoms with van der Waals surface area (Å²) in [6.07, 6.45) is 5.88. The van der Waals surface area contributed by atoms with Crippen LogP contribution >= 0.6 is 23.2 Å². The highest BCUT2D eigenvalue weighted by molar-refractivity contribution is 6.37. The number of hydrogen-bond donors (Lipinski definition) is 2. The van der Waals surface area contributed by atoms with E-state index in [1.165, 1.54) is 0 Å². The van der Waals surface area contributed by atoms with Gasteiger partial charge >= 0.3 is 5.97 Å². The molecule has 4 rings (SSSR count). The molecule has 2 amide bonds. The van der Waals surface area contributed by atoms with Crippen molar-refractivity contribution in [3.8, 4) is 5.75 Å². The first-order chi connectivity index (χ1) is 18.7. The van der Waals surface area contributed by atoms with E-state index in [-0.39, 0.29) is 53.7 Å².